The van der Waals surface area contributed by atoms with E-state index in [1.54, 1.807) is 0 Å². The first-order valence-corrected chi connectivity index (χ1v) is 2.51. The average Bonchev–Trinajstić information content (AvgIpc) is 1.19. The Morgan fingerprint density at radius 2 is 1.00 bits per heavy atom. The monoisotopic (exact) mass is 173 g/mol. The van der Waals surface area contributed by atoms with Gasteiger partial charge in [0.1, 0.15) is 0 Å². The van der Waals surface area contributed by atoms with E-state index in [0.717, 1.165) is 0 Å². The van der Waals surface area contributed by atoms with Gasteiger partial charge in [-0.3, -0.25) is 0 Å². The third kappa shape index (κ3) is 6220. The molecule has 0 atom stereocenters. The molecule has 1 nitrogen and oxygen atoms in total. The number of hydrogen-bond acceptors (Lipinski definition) is 0. The molecule has 0 fully saturated rings. The van der Waals surface area contributed by atoms with E-state index in [2.05, 4.69) is 4.78 Å². The molecule has 0 amide bonds. The van der Waals surface area contributed by atoms with Crippen molar-refractivity contribution < 1.29 is 29.8 Å². The van der Waals surface area contributed by atoms with Crippen molar-refractivity contribution in [2.45, 2.75) is 0 Å². The van der Waals surface area contributed by atoms with E-state index in [9.17, 15) is 25.0 Å². The maximum Gasteiger partial charge on any atom is 0.673 e. The first kappa shape index (κ1) is 11.6. The molecule has 0 aliphatic heterocycles. The molecule has 9 heavy (non-hydrogen) atoms. The predicted molar refractivity (Wildman–Crippen MR) is 21.7 cm³/mol. The lowest BCUT2D eigenvalue weighted by Crippen LogP contribution is -2.28. The van der Waals surface area contributed by atoms with Crippen molar-refractivity contribution >= 4 is 18.7 Å². The molecule has 0 radical (unpaired) electrons. The molecule has 0 aromatic heterocycles. The van der Waals surface area contributed by atoms with Gasteiger partial charge in [-0.15, -0.1) is 0 Å². The van der Waals surface area contributed by atoms with Crippen LogP contribution in [0.25, 0.3) is 0 Å². The maximum atomic E-state index is 10.1. The van der Waals surface area contributed by atoms with Gasteiger partial charge in [0.25, 0.3) is 0 Å². The molecule has 2 N–H and O–H groups in total. The van der Waals surface area contributed by atoms with Crippen LogP contribution in [0.3, 0.4) is 0 Å². The van der Waals surface area contributed by atoms with Crippen molar-refractivity contribution in [3.8, 4) is 0 Å². The molecule has 0 unspecified atom stereocenters. The van der Waals surface area contributed by atoms with Crippen LogP contribution in [0.5, 0.6) is 0 Å². The van der Waals surface area contributed by atoms with Crippen molar-refractivity contribution in [3.05, 3.63) is 0 Å². The summed E-state index contributed by atoms with van der Waals surface area (Å²) in [5.41, 5.74) is 0. The molecule has 0 bridgehead atoms. The first-order chi connectivity index (χ1) is 3.73. The zero-order valence-corrected chi connectivity index (χ0v) is 4.65. The van der Waals surface area contributed by atoms with Gasteiger partial charge >= 0.3 is 18.7 Å². The second-order valence-corrected chi connectivity index (χ2v) is 1.20. The topological polar surface area (TPSA) is 25.6 Å². The molecule has 0 heterocycles. The third-order valence-electron chi connectivity index (χ3n) is 0. The summed E-state index contributed by atoms with van der Waals surface area (Å²) in [6, 6.07) is 0. The van der Waals surface area contributed by atoms with E-state index >= 15 is 0 Å². The number of rotatable bonds is 0. The van der Waals surface area contributed by atoms with Gasteiger partial charge in [0, 0.05) is 0 Å². The van der Waals surface area contributed by atoms with Crippen molar-refractivity contribution in [1.82, 2.24) is 0 Å². The van der Waals surface area contributed by atoms with E-state index in [1.807, 2.05) is 0 Å². The second-order valence-electron chi connectivity index (χ2n) is 0.731. The minimum Gasteiger partial charge on any atom is -0.418 e. The van der Waals surface area contributed by atoms with Crippen LogP contribution in [0.4, 0.5) is 25.0 Å². The molecular weight excluding hydrogens is 171 g/mol. The number of hydrogen-bond donors (Lipinski definition) is 1. The molecular formula is H2BF6NS. The van der Waals surface area contributed by atoms with Gasteiger partial charge in [0.15, 0.2) is 0 Å². The normalized spacial score (nSPS) is 10.6. The standard InChI is InChI=1S/BF4.F2HNS/c2-1(3,4)5;1-4(2)3/h;3H/q-1;/p+1. The van der Waals surface area contributed by atoms with Crippen molar-refractivity contribution in [2.24, 2.45) is 0 Å². The zero-order chi connectivity index (χ0) is 8.08. The first-order valence-electron chi connectivity index (χ1n) is 1.42. The fourth-order valence-corrected chi connectivity index (χ4v) is 0. The van der Waals surface area contributed by atoms with Gasteiger partial charge in [0.2, 0.25) is 0 Å². The lowest BCUT2D eigenvalue weighted by Gasteiger charge is -1.94. The van der Waals surface area contributed by atoms with E-state index in [1.165, 1.54) is 0 Å². The molecule has 0 aliphatic carbocycles. The lowest BCUT2D eigenvalue weighted by atomic mass is 10.3. The van der Waals surface area contributed by atoms with Crippen molar-refractivity contribution in [2.75, 3.05) is 0 Å². The Bertz CT molecular complexity index is 75.5. The SMILES string of the molecule is F[B-](F)(F)F.[NH2+]=S(F)F. The Balaban J connectivity index is 0. The Hall–Kier alpha value is -0.205. The highest BCUT2D eigenvalue weighted by Gasteiger charge is 2.20. The van der Waals surface area contributed by atoms with Crippen LogP contribution in [0, 0.1) is 0 Å². The highest BCUT2D eigenvalue weighted by molar-refractivity contribution is 7.73. The zero-order valence-electron chi connectivity index (χ0n) is 3.83. The van der Waals surface area contributed by atoms with E-state index in [0.29, 0.717) is 0 Å². The summed E-state index contributed by atoms with van der Waals surface area (Å²) in [7, 11) is -6.00. The molecule has 58 valence electrons. The van der Waals surface area contributed by atoms with Crippen molar-refractivity contribution in [1.29, 1.82) is 0 Å². The molecule has 0 aliphatic rings. The van der Waals surface area contributed by atoms with E-state index < -0.39 is 18.7 Å². The summed E-state index contributed by atoms with van der Waals surface area (Å²) in [5.74, 6) is 0. The highest BCUT2D eigenvalue weighted by atomic mass is 32.2. The summed E-state index contributed by atoms with van der Waals surface area (Å²) >= 11 is -2.86. The summed E-state index contributed by atoms with van der Waals surface area (Å²) in [6.45, 7) is 0. The fourth-order valence-electron chi connectivity index (χ4n) is 0. The summed E-state index contributed by atoms with van der Waals surface area (Å²) in [6.07, 6.45) is 0. The van der Waals surface area contributed by atoms with E-state index in [4.69, 9.17) is 0 Å². The van der Waals surface area contributed by atoms with Crippen LogP contribution in [0.15, 0.2) is 0 Å². The van der Waals surface area contributed by atoms with Crippen LogP contribution in [-0.4, -0.2) is 7.25 Å². The van der Waals surface area contributed by atoms with Crippen LogP contribution in [-0.2, 0) is 11.5 Å². The molecule has 0 saturated carbocycles. The van der Waals surface area contributed by atoms with Gasteiger partial charge in [-0.1, -0.05) is 7.77 Å². The Morgan fingerprint density at radius 3 is 1.00 bits per heavy atom. The molecule has 0 aromatic rings. The molecule has 9 heteroatoms. The Morgan fingerprint density at radius 1 is 1.00 bits per heavy atom. The van der Waals surface area contributed by atoms with Crippen LogP contribution in [0.1, 0.15) is 0 Å². The molecule has 0 aromatic carbocycles. The largest absolute Gasteiger partial charge is 0.673 e. The summed E-state index contributed by atoms with van der Waals surface area (Å²) in [4.78, 5) is 0. The Kier molecular flexibility index (Phi) is 5.98. The molecule has 0 spiro atoms. The minimum absolute atomic E-state index is 2.86. The van der Waals surface area contributed by atoms with E-state index in [-0.39, 0.29) is 0 Å². The Labute approximate surface area is 49.6 Å². The quantitative estimate of drug-likeness (QED) is 0.410. The fraction of sp³-hybridized carbons (Fsp3) is 0. The van der Waals surface area contributed by atoms with Crippen molar-refractivity contribution in [3.63, 3.8) is 0 Å². The third-order valence-corrected chi connectivity index (χ3v) is 0. The smallest absolute Gasteiger partial charge is 0.418 e. The predicted octanol–water partition coefficient (Wildman–Crippen LogP) is 0.616. The molecule has 0 rings (SSSR count). The van der Waals surface area contributed by atoms with Gasteiger partial charge in [-0.2, -0.15) is 4.78 Å². The van der Waals surface area contributed by atoms with Gasteiger partial charge in [-0.05, 0) is 0 Å². The molecule has 0 saturated heterocycles. The van der Waals surface area contributed by atoms with Gasteiger partial charge in [0.05, 0.1) is 0 Å². The maximum absolute atomic E-state index is 10.1. The highest BCUT2D eigenvalue weighted by Crippen LogP contribution is 2.06. The minimum atomic E-state index is -6.00. The summed E-state index contributed by atoms with van der Waals surface area (Å²) in [5, 5.41) is 0. The lowest BCUT2D eigenvalue weighted by molar-refractivity contribution is -0.0861. The second kappa shape index (κ2) is 4.65. The van der Waals surface area contributed by atoms with Crippen LogP contribution < -0.4 is 4.78 Å². The number of halogens is 6. The number of nitrogens with two attached hydrogens (primary N) is 1. The van der Waals surface area contributed by atoms with Crippen LogP contribution >= 0.6 is 0 Å². The van der Waals surface area contributed by atoms with Gasteiger partial charge in [-0.25, -0.2) is 0 Å². The summed E-state index contributed by atoms with van der Waals surface area (Å²) < 4.78 is 63.1. The average molecular weight is 173 g/mol. The van der Waals surface area contributed by atoms with Crippen LogP contribution in [0.2, 0.25) is 0 Å². The van der Waals surface area contributed by atoms with Gasteiger partial charge < -0.3 is 17.3 Å².